The predicted octanol–water partition coefficient (Wildman–Crippen LogP) is 4.46. The van der Waals surface area contributed by atoms with Crippen molar-refractivity contribution >= 4 is 0 Å². The molecule has 0 amide bonds. The van der Waals surface area contributed by atoms with Gasteiger partial charge < -0.3 is 5.11 Å². The molecule has 19 heavy (non-hydrogen) atoms. The third-order valence-corrected chi connectivity index (χ3v) is 4.51. The zero-order chi connectivity index (χ0) is 14.0. The summed E-state index contributed by atoms with van der Waals surface area (Å²) < 4.78 is 26.9. The first-order valence-corrected chi connectivity index (χ1v) is 7.12. The molecule has 1 N–H and O–H groups in total. The van der Waals surface area contributed by atoms with Crippen molar-refractivity contribution in [2.45, 2.75) is 45.6 Å². The molecule has 1 fully saturated rings. The second-order valence-corrected chi connectivity index (χ2v) is 6.01. The molecular weight excluding hydrogens is 246 g/mol. The fourth-order valence-electron chi connectivity index (χ4n) is 3.13. The SMILES string of the molecule is CC(C)C1CCC(C(O)c2cccc(F)c2F)CC1. The first-order chi connectivity index (χ1) is 9.00. The van der Waals surface area contributed by atoms with Crippen LogP contribution in [0.4, 0.5) is 8.78 Å². The molecule has 1 aliphatic carbocycles. The lowest BCUT2D eigenvalue weighted by Crippen LogP contribution is -2.23. The molecule has 0 radical (unpaired) electrons. The van der Waals surface area contributed by atoms with Crippen molar-refractivity contribution < 1.29 is 13.9 Å². The van der Waals surface area contributed by atoms with E-state index in [4.69, 9.17) is 0 Å². The molecule has 1 aliphatic rings. The first kappa shape index (κ1) is 14.4. The molecule has 1 aromatic rings. The molecule has 106 valence electrons. The summed E-state index contributed by atoms with van der Waals surface area (Å²) in [4.78, 5) is 0. The average Bonchev–Trinajstić information content (AvgIpc) is 2.41. The van der Waals surface area contributed by atoms with Crippen molar-refractivity contribution in [1.29, 1.82) is 0 Å². The predicted molar refractivity (Wildman–Crippen MR) is 71.6 cm³/mol. The Kier molecular flexibility index (Phi) is 4.56. The van der Waals surface area contributed by atoms with E-state index >= 15 is 0 Å². The summed E-state index contributed by atoms with van der Waals surface area (Å²) in [6.07, 6.45) is 3.02. The summed E-state index contributed by atoms with van der Waals surface area (Å²) in [5.74, 6) is -0.385. The van der Waals surface area contributed by atoms with Gasteiger partial charge >= 0.3 is 0 Å². The van der Waals surface area contributed by atoms with Gasteiger partial charge in [0.1, 0.15) is 0 Å². The summed E-state index contributed by atoms with van der Waals surface area (Å²) in [5.41, 5.74) is 0.105. The molecule has 2 rings (SSSR count). The number of halogens is 2. The normalized spacial score (nSPS) is 25.6. The van der Waals surface area contributed by atoms with E-state index in [0.29, 0.717) is 11.8 Å². The Balaban J connectivity index is 2.05. The average molecular weight is 268 g/mol. The van der Waals surface area contributed by atoms with Crippen LogP contribution in [0.2, 0.25) is 0 Å². The maximum absolute atomic E-state index is 13.7. The Labute approximate surface area is 113 Å². The number of aliphatic hydroxyl groups is 1. The number of rotatable bonds is 3. The van der Waals surface area contributed by atoms with Crippen LogP contribution in [0.25, 0.3) is 0 Å². The van der Waals surface area contributed by atoms with Gasteiger partial charge in [0, 0.05) is 5.56 Å². The molecule has 1 aromatic carbocycles. The van der Waals surface area contributed by atoms with E-state index < -0.39 is 17.7 Å². The minimum Gasteiger partial charge on any atom is -0.388 e. The number of hydrogen-bond donors (Lipinski definition) is 1. The lowest BCUT2D eigenvalue weighted by Gasteiger charge is -2.33. The van der Waals surface area contributed by atoms with Crippen LogP contribution in [-0.2, 0) is 0 Å². The van der Waals surface area contributed by atoms with Crippen LogP contribution in [0, 0.1) is 29.4 Å². The highest BCUT2D eigenvalue weighted by Crippen LogP contribution is 2.39. The van der Waals surface area contributed by atoms with Crippen molar-refractivity contribution in [3.8, 4) is 0 Å². The Hall–Kier alpha value is -0.960. The highest BCUT2D eigenvalue weighted by atomic mass is 19.2. The maximum atomic E-state index is 13.7. The lowest BCUT2D eigenvalue weighted by atomic mass is 9.74. The summed E-state index contributed by atoms with van der Waals surface area (Å²) in [6, 6.07) is 4.02. The third kappa shape index (κ3) is 3.14. The van der Waals surface area contributed by atoms with Gasteiger partial charge in [-0.25, -0.2) is 8.78 Å². The van der Waals surface area contributed by atoms with Crippen molar-refractivity contribution in [3.05, 3.63) is 35.4 Å². The lowest BCUT2D eigenvalue weighted by molar-refractivity contribution is 0.0636. The van der Waals surface area contributed by atoms with Crippen molar-refractivity contribution in [2.75, 3.05) is 0 Å². The molecule has 0 saturated heterocycles. The van der Waals surface area contributed by atoms with Crippen LogP contribution in [0.1, 0.15) is 51.2 Å². The molecule has 1 unspecified atom stereocenters. The molecule has 0 aliphatic heterocycles. The van der Waals surface area contributed by atoms with Gasteiger partial charge in [-0.1, -0.05) is 26.0 Å². The maximum Gasteiger partial charge on any atom is 0.164 e. The monoisotopic (exact) mass is 268 g/mol. The molecule has 0 heterocycles. The molecule has 1 saturated carbocycles. The Morgan fingerprint density at radius 2 is 1.63 bits per heavy atom. The quantitative estimate of drug-likeness (QED) is 0.858. The van der Waals surface area contributed by atoms with Crippen molar-refractivity contribution in [3.63, 3.8) is 0 Å². The number of aliphatic hydroxyl groups excluding tert-OH is 1. The molecule has 0 aromatic heterocycles. The first-order valence-electron chi connectivity index (χ1n) is 7.12. The van der Waals surface area contributed by atoms with E-state index in [1.54, 1.807) is 0 Å². The number of hydrogen-bond acceptors (Lipinski definition) is 1. The zero-order valence-corrected chi connectivity index (χ0v) is 11.6. The van der Waals surface area contributed by atoms with Gasteiger partial charge in [0.2, 0.25) is 0 Å². The Morgan fingerprint density at radius 1 is 1.05 bits per heavy atom. The van der Waals surface area contributed by atoms with E-state index in [1.807, 2.05) is 0 Å². The highest BCUT2D eigenvalue weighted by Gasteiger charge is 2.30. The van der Waals surface area contributed by atoms with E-state index in [2.05, 4.69) is 13.8 Å². The Morgan fingerprint density at radius 3 is 2.21 bits per heavy atom. The number of benzene rings is 1. The zero-order valence-electron chi connectivity index (χ0n) is 11.6. The van der Waals surface area contributed by atoms with E-state index in [-0.39, 0.29) is 11.5 Å². The van der Waals surface area contributed by atoms with Crippen LogP contribution >= 0.6 is 0 Å². The van der Waals surface area contributed by atoms with Crippen LogP contribution in [0.5, 0.6) is 0 Å². The molecular formula is C16H22F2O. The third-order valence-electron chi connectivity index (χ3n) is 4.51. The van der Waals surface area contributed by atoms with Gasteiger partial charge in [0.25, 0.3) is 0 Å². The van der Waals surface area contributed by atoms with E-state index in [1.165, 1.54) is 12.1 Å². The van der Waals surface area contributed by atoms with Crippen molar-refractivity contribution in [2.24, 2.45) is 17.8 Å². The van der Waals surface area contributed by atoms with Gasteiger partial charge in [0.05, 0.1) is 6.10 Å². The Bertz CT molecular complexity index is 423. The van der Waals surface area contributed by atoms with Crippen LogP contribution < -0.4 is 0 Å². The van der Waals surface area contributed by atoms with Gasteiger partial charge in [-0.05, 0) is 49.5 Å². The van der Waals surface area contributed by atoms with Crippen LogP contribution in [0.15, 0.2) is 18.2 Å². The molecule has 0 bridgehead atoms. The fraction of sp³-hybridized carbons (Fsp3) is 0.625. The summed E-state index contributed by atoms with van der Waals surface area (Å²) >= 11 is 0. The van der Waals surface area contributed by atoms with Gasteiger partial charge in [-0.2, -0.15) is 0 Å². The summed E-state index contributed by atoms with van der Waals surface area (Å²) in [7, 11) is 0. The standard InChI is InChI=1S/C16H22F2O/c1-10(2)11-6-8-12(9-7-11)16(19)13-4-3-5-14(17)15(13)18/h3-5,10-12,16,19H,6-9H2,1-2H3. The molecule has 1 nitrogen and oxygen atoms in total. The van der Waals surface area contributed by atoms with E-state index in [0.717, 1.165) is 31.7 Å². The minimum absolute atomic E-state index is 0.0475. The van der Waals surface area contributed by atoms with Crippen LogP contribution in [-0.4, -0.2) is 5.11 Å². The second-order valence-electron chi connectivity index (χ2n) is 6.01. The molecule has 3 heteroatoms. The van der Waals surface area contributed by atoms with Gasteiger partial charge in [-0.3, -0.25) is 0 Å². The topological polar surface area (TPSA) is 20.2 Å². The smallest absolute Gasteiger partial charge is 0.164 e. The van der Waals surface area contributed by atoms with Gasteiger partial charge in [-0.15, -0.1) is 0 Å². The minimum atomic E-state index is -0.902. The van der Waals surface area contributed by atoms with E-state index in [9.17, 15) is 13.9 Å². The molecule has 1 atom stereocenters. The molecule has 0 spiro atoms. The summed E-state index contributed by atoms with van der Waals surface area (Å²) in [5, 5.41) is 10.3. The largest absolute Gasteiger partial charge is 0.388 e. The summed E-state index contributed by atoms with van der Waals surface area (Å²) in [6.45, 7) is 4.43. The van der Waals surface area contributed by atoms with Gasteiger partial charge in [0.15, 0.2) is 11.6 Å². The fourth-order valence-corrected chi connectivity index (χ4v) is 3.13. The van der Waals surface area contributed by atoms with Crippen LogP contribution in [0.3, 0.4) is 0 Å². The van der Waals surface area contributed by atoms with Crippen molar-refractivity contribution in [1.82, 2.24) is 0 Å². The highest BCUT2D eigenvalue weighted by molar-refractivity contribution is 5.22. The second kappa shape index (κ2) is 6.00.